The standard InChI is InChI=1S/C17H23BN2O6/c1-2-16(21)20-10-6-9-14(12-20)25-17(22)19-15(26-18(23)24)11-13-7-4-3-5-8-13/h2-5,7-8,14-15,23-24H,1,6,9-12H2,(H,19,22)/t14-,15+/m0/s1. The second-order valence-electron chi connectivity index (χ2n) is 5.94. The third-order valence-corrected chi connectivity index (χ3v) is 3.97. The van der Waals surface area contributed by atoms with Crippen molar-refractivity contribution in [3.63, 3.8) is 0 Å². The molecule has 140 valence electrons. The van der Waals surface area contributed by atoms with Crippen LogP contribution in [0, 0.1) is 0 Å². The van der Waals surface area contributed by atoms with Gasteiger partial charge in [0.25, 0.3) is 0 Å². The molecule has 1 aliphatic rings. The normalized spacial score (nSPS) is 17.9. The lowest BCUT2D eigenvalue weighted by atomic mass is 10.1. The van der Waals surface area contributed by atoms with Crippen molar-refractivity contribution in [3.8, 4) is 0 Å². The fourth-order valence-electron chi connectivity index (χ4n) is 2.79. The minimum Gasteiger partial charge on any atom is -0.444 e. The van der Waals surface area contributed by atoms with Crippen molar-refractivity contribution in [2.75, 3.05) is 13.1 Å². The molecule has 0 saturated carbocycles. The van der Waals surface area contributed by atoms with Gasteiger partial charge < -0.3 is 24.3 Å². The van der Waals surface area contributed by atoms with E-state index < -0.39 is 25.7 Å². The van der Waals surface area contributed by atoms with Crippen LogP contribution >= 0.6 is 0 Å². The number of amides is 2. The fourth-order valence-corrected chi connectivity index (χ4v) is 2.79. The molecule has 1 aromatic rings. The molecule has 9 heteroatoms. The van der Waals surface area contributed by atoms with E-state index in [1.54, 1.807) is 4.90 Å². The first kappa shape index (κ1) is 20.0. The van der Waals surface area contributed by atoms with Crippen LogP contribution in [0.4, 0.5) is 4.79 Å². The molecule has 8 nitrogen and oxygen atoms in total. The molecule has 2 amide bonds. The van der Waals surface area contributed by atoms with Gasteiger partial charge in [-0.1, -0.05) is 36.9 Å². The summed E-state index contributed by atoms with van der Waals surface area (Å²) in [6.07, 6.45) is 0.666. The number of benzene rings is 1. The molecule has 0 radical (unpaired) electrons. The Balaban J connectivity index is 1.89. The Morgan fingerprint density at radius 2 is 2.12 bits per heavy atom. The molecule has 2 atom stereocenters. The van der Waals surface area contributed by atoms with Gasteiger partial charge in [0.05, 0.1) is 6.54 Å². The molecule has 1 heterocycles. The summed E-state index contributed by atoms with van der Waals surface area (Å²) in [6.45, 7) is 4.35. The van der Waals surface area contributed by atoms with E-state index in [4.69, 9.17) is 19.4 Å². The van der Waals surface area contributed by atoms with Crippen LogP contribution in [0.25, 0.3) is 0 Å². The number of likely N-dealkylation sites (tertiary alicyclic amines) is 1. The Morgan fingerprint density at radius 3 is 2.77 bits per heavy atom. The van der Waals surface area contributed by atoms with Crippen LogP contribution in [0.2, 0.25) is 0 Å². The van der Waals surface area contributed by atoms with Crippen LogP contribution < -0.4 is 5.32 Å². The molecule has 0 bridgehead atoms. The van der Waals surface area contributed by atoms with Crippen LogP contribution in [0.3, 0.4) is 0 Å². The number of ether oxygens (including phenoxy) is 1. The van der Waals surface area contributed by atoms with Gasteiger partial charge >= 0.3 is 13.4 Å². The number of piperidine rings is 1. The monoisotopic (exact) mass is 362 g/mol. The lowest BCUT2D eigenvalue weighted by Crippen LogP contribution is -2.47. The molecule has 1 fully saturated rings. The highest BCUT2D eigenvalue weighted by Crippen LogP contribution is 2.14. The van der Waals surface area contributed by atoms with Crippen molar-refractivity contribution >= 4 is 19.3 Å². The maximum absolute atomic E-state index is 12.1. The van der Waals surface area contributed by atoms with E-state index in [1.165, 1.54) is 6.08 Å². The van der Waals surface area contributed by atoms with E-state index in [0.29, 0.717) is 19.5 Å². The van der Waals surface area contributed by atoms with E-state index >= 15 is 0 Å². The largest absolute Gasteiger partial charge is 0.635 e. The van der Waals surface area contributed by atoms with Crippen LogP contribution in [0.15, 0.2) is 43.0 Å². The van der Waals surface area contributed by atoms with Gasteiger partial charge in [-0.2, -0.15) is 0 Å². The van der Waals surface area contributed by atoms with Gasteiger partial charge in [0.2, 0.25) is 5.91 Å². The first-order chi connectivity index (χ1) is 12.5. The van der Waals surface area contributed by atoms with E-state index in [2.05, 4.69) is 11.9 Å². The van der Waals surface area contributed by atoms with Crippen molar-refractivity contribution in [3.05, 3.63) is 48.6 Å². The van der Waals surface area contributed by atoms with E-state index in [0.717, 1.165) is 12.0 Å². The SMILES string of the molecule is C=CC(=O)N1CCC[C@H](OC(=O)N[C@@H](Cc2ccccc2)OB(O)O)C1. The highest BCUT2D eigenvalue weighted by Gasteiger charge is 2.27. The molecular weight excluding hydrogens is 339 g/mol. The third kappa shape index (κ3) is 6.51. The van der Waals surface area contributed by atoms with Crippen LogP contribution in [-0.2, 0) is 20.6 Å². The van der Waals surface area contributed by atoms with Crippen molar-refractivity contribution in [2.45, 2.75) is 31.6 Å². The van der Waals surface area contributed by atoms with Gasteiger partial charge in [-0.15, -0.1) is 0 Å². The Kier molecular flexibility index (Phi) is 7.64. The summed E-state index contributed by atoms with van der Waals surface area (Å²) < 4.78 is 10.3. The Labute approximate surface area is 152 Å². The molecule has 26 heavy (non-hydrogen) atoms. The molecule has 1 aromatic carbocycles. The van der Waals surface area contributed by atoms with Crippen molar-refractivity contribution in [2.24, 2.45) is 0 Å². The molecule has 0 aromatic heterocycles. The number of nitrogens with one attached hydrogen (secondary N) is 1. The summed E-state index contributed by atoms with van der Waals surface area (Å²) in [7, 11) is -2.03. The van der Waals surface area contributed by atoms with Gasteiger partial charge in [-0.25, -0.2) is 4.79 Å². The van der Waals surface area contributed by atoms with Crippen LogP contribution in [0.1, 0.15) is 18.4 Å². The van der Waals surface area contributed by atoms with Gasteiger partial charge in [-0.05, 0) is 24.5 Å². The van der Waals surface area contributed by atoms with E-state index in [9.17, 15) is 9.59 Å². The lowest BCUT2D eigenvalue weighted by Gasteiger charge is -2.32. The molecule has 0 unspecified atom stereocenters. The van der Waals surface area contributed by atoms with Crippen molar-refractivity contribution in [1.29, 1.82) is 0 Å². The maximum atomic E-state index is 12.1. The number of alkyl carbamates (subject to hydrolysis) is 1. The van der Waals surface area contributed by atoms with Crippen LogP contribution in [-0.4, -0.2) is 59.7 Å². The number of carbonyl (C=O) groups is 2. The van der Waals surface area contributed by atoms with Crippen molar-refractivity contribution < 1.29 is 29.0 Å². The number of rotatable bonds is 7. The highest BCUT2D eigenvalue weighted by molar-refractivity contribution is 6.32. The predicted octanol–water partition coefficient (Wildman–Crippen LogP) is 0.444. The molecule has 0 spiro atoms. The van der Waals surface area contributed by atoms with Crippen LogP contribution in [0.5, 0.6) is 0 Å². The maximum Gasteiger partial charge on any atom is 0.635 e. The topological polar surface area (TPSA) is 108 Å². The summed E-state index contributed by atoms with van der Waals surface area (Å²) in [5, 5.41) is 20.6. The zero-order valence-corrected chi connectivity index (χ0v) is 14.4. The number of carbonyl (C=O) groups excluding carboxylic acids is 2. The number of nitrogens with zero attached hydrogens (tertiary/aromatic N) is 1. The zero-order chi connectivity index (χ0) is 18.9. The second-order valence-corrected chi connectivity index (χ2v) is 5.94. The molecule has 1 saturated heterocycles. The minimum atomic E-state index is -2.03. The number of hydrogen-bond donors (Lipinski definition) is 3. The number of hydrogen-bond acceptors (Lipinski definition) is 6. The molecule has 1 aliphatic heterocycles. The predicted molar refractivity (Wildman–Crippen MR) is 94.6 cm³/mol. The smallest absolute Gasteiger partial charge is 0.444 e. The Bertz CT molecular complexity index is 613. The molecular formula is C17H23BN2O6. The van der Waals surface area contributed by atoms with E-state index in [1.807, 2.05) is 30.3 Å². The molecule has 0 aliphatic carbocycles. The van der Waals surface area contributed by atoms with Gasteiger partial charge in [-0.3, -0.25) is 10.1 Å². The summed E-state index contributed by atoms with van der Waals surface area (Å²) in [5.74, 6) is -0.201. The zero-order valence-electron chi connectivity index (χ0n) is 14.4. The quantitative estimate of drug-likeness (QED) is 0.369. The first-order valence-corrected chi connectivity index (χ1v) is 8.42. The highest BCUT2D eigenvalue weighted by atomic mass is 16.6. The van der Waals surface area contributed by atoms with Gasteiger partial charge in [0.15, 0.2) is 0 Å². The summed E-state index contributed by atoms with van der Waals surface area (Å²) in [6, 6.07) is 9.15. The third-order valence-electron chi connectivity index (χ3n) is 3.97. The summed E-state index contributed by atoms with van der Waals surface area (Å²) >= 11 is 0. The fraction of sp³-hybridized carbons (Fsp3) is 0.412. The van der Waals surface area contributed by atoms with Crippen molar-refractivity contribution in [1.82, 2.24) is 10.2 Å². The average Bonchev–Trinajstić information content (AvgIpc) is 2.61. The Hall–Kier alpha value is -2.36. The minimum absolute atomic E-state index is 0.201. The summed E-state index contributed by atoms with van der Waals surface area (Å²) in [4.78, 5) is 25.4. The van der Waals surface area contributed by atoms with Gasteiger partial charge in [0.1, 0.15) is 12.3 Å². The average molecular weight is 362 g/mol. The summed E-state index contributed by atoms with van der Waals surface area (Å²) in [5.41, 5.74) is 0.846. The molecule has 3 N–H and O–H groups in total. The molecule has 2 rings (SSSR count). The first-order valence-electron chi connectivity index (χ1n) is 8.42. The lowest BCUT2D eigenvalue weighted by molar-refractivity contribution is -0.129. The second kappa shape index (κ2) is 9.96. The van der Waals surface area contributed by atoms with Gasteiger partial charge in [0, 0.05) is 13.0 Å². The van der Waals surface area contributed by atoms with E-state index in [-0.39, 0.29) is 12.3 Å². The Morgan fingerprint density at radius 1 is 1.38 bits per heavy atom.